The number of rotatable bonds is 75. The Morgan fingerprint density at radius 3 is 0.733 bits per heavy atom. The van der Waals surface area contributed by atoms with Crippen LogP contribution in [0.3, 0.4) is 0 Å². The summed E-state index contributed by atoms with van der Waals surface area (Å²) in [6, 6.07) is -0.986. The van der Waals surface area contributed by atoms with E-state index in [1.54, 1.807) is 0 Å². The number of amides is 1. The molecule has 0 aromatic heterocycles. The number of aliphatic hydroxyl groups is 4. The maximum absolute atomic E-state index is 12.7. The number of carbonyl (C=O) groups excluding carboxylic acids is 1. The van der Waals surface area contributed by atoms with Crippen molar-refractivity contribution in [3.8, 4) is 0 Å². The minimum Gasteiger partial charge on any atom is -0.394 e. The maximum atomic E-state index is 12.7. The van der Waals surface area contributed by atoms with Crippen molar-refractivity contribution in [2.45, 2.75) is 475 Å². The Kier molecular flexibility index (Phi) is 73.5. The van der Waals surface area contributed by atoms with Gasteiger partial charge in [-0.2, -0.15) is 0 Å². The Morgan fingerprint density at radius 2 is 0.500 bits per heavy atom. The summed E-state index contributed by atoms with van der Waals surface area (Å²) in [6.45, 7) is 4.12. The van der Waals surface area contributed by atoms with Gasteiger partial charge in [-0.3, -0.25) is 4.79 Å². The van der Waals surface area contributed by atoms with E-state index >= 15 is 0 Å². The highest BCUT2D eigenvalue weighted by atomic mass is 16.3. The smallest absolute Gasteiger partial charge is 0.249 e. The highest BCUT2D eigenvalue weighted by molar-refractivity contribution is 5.80. The fourth-order valence-electron chi connectivity index (χ4n) is 13.0. The average Bonchev–Trinajstić information content (AvgIpc) is 3.73. The van der Waals surface area contributed by atoms with Gasteiger partial charge in [-0.05, 0) is 44.9 Å². The molecule has 0 bridgehead atoms. The zero-order valence-electron chi connectivity index (χ0n) is 58.6. The van der Waals surface area contributed by atoms with Crippen LogP contribution in [0.2, 0.25) is 0 Å². The van der Waals surface area contributed by atoms with E-state index in [2.05, 4.69) is 43.5 Å². The van der Waals surface area contributed by atoms with E-state index in [0.717, 1.165) is 44.9 Å². The van der Waals surface area contributed by atoms with E-state index in [4.69, 9.17) is 0 Å². The first-order valence-corrected chi connectivity index (χ1v) is 39.7. The Balaban J connectivity index is 3.50. The first-order chi connectivity index (χ1) is 42.5. The van der Waals surface area contributed by atoms with E-state index in [-0.39, 0.29) is 0 Å². The minimum absolute atomic E-state index is 0.372. The standard InChI is InChI=1S/C80H157NO5/c1-3-5-7-9-11-13-15-17-19-21-23-25-27-29-31-33-35-37-38-39-40-41-42-44-46-48-50-52-54-56-58-60-62-64-66-68-70-72-74-78(84)80(86)81-76(75-82)79(85)77(83)73-71-69-67-65-63-61-59-57-55-53-51-49-47-45-43-36-34-32-30-28-26-24-22-20-18-16-14-12-10-8-6-4-2/h35,37,39-40,76-79,82-85H,3-34,36,38,41-75H2,1-2H3,(H,81,86)/b37-35-,40-39-. The number of carbonyl (C=O) groups is 1. The van der Waals surface area contributed by atoms with Crippen molar-refractivity contribution in [3.05, 3.63) is 24.3 Å². The second kappa shape index (κ2) is 74.5. The third kappa shape index (κ3) is 67.2. The largest absolute Gasteiger partial charge is 0.394 e. The van der Waals surface area contributed by atoms with Gasteiger partial charge in [-0.25, -0.2) is 0 Å². The molecule has 0 aromatic carbocycles. The van der Waals surface area contributed by atoms with Crippen molar-refractivity contribution in [1.82, 2.24) is 5.32 Å². The van der Waals surface area contributed by atoms with Crippen molar-refractivity contribution < 1.29 is 25.2 Å². The summed E-state index contributed by atoms with van der Waals surface area (Å²) in [7, 11) is 0. The summed E-state index contributed by atoms with van der Waals surface area (Å²) < 4.78 is 0. The monoisotopic (exact) mass is 1210 g/mol. The average molecular weight is 1210 g/mol. The molecule has 512 valence electrons. The lowest BCUT2D eigenvalue weighted by Crippen LogP contribution is -2.53. The van der Waals surface area contributed by atoms with Crippen LogP contribution in [-0.4, -0.2) is 57.3 Å². The molecule has 0 aromatic rings. The van der Waals surface area contributed by atoms with Crippen molar-refractivity contribution >= 4 is 5.91 Å². The third-order valence-corrected chi connectivity index (χ3v) is 19.2. The Morgan fingerprint density at radius 1 is 0.291 bits per heavy atom. The van der Waals surface area contributed by atoms with Crippen molar-refractivity contribution in [1.29, 1.82) is 0 Å². The first-order valence-electron chi connectivity index (χ1n) is 39.7. The van der Waals surface area contributed by atoms with Crippen molar-refractivity contribution in [2.75, 3.05) is 6.61 Å². The fourth-order valence-corrected chi connectivity index (χ4v) is 13.0. The molecule has 0 aliphatic rings. The van der Waals surface area contributed by atoms with Crippen LogP contribution in [-0.2, 0) is 4.79 Å². The second-order valence-corrected chi connectivity index (χ2v) is 27.8. The number of unbranched alkanes of at least 4 members (excludes halogenated alkanes) is 62. The van der Waals surface area contributed by atoms with Crippen LogP contribution >= 0.6 is 0 Å². The van der Waals surface area contributed by atoms with Gasteiger partial charge in [0.2, 0.25) is 5.91 Å². The summed E-state index contributed by atoms with van der Waals surface area (Å²) in [6.07, 6.45) is 96.4. The molecular weight excluding hydrogens is 1050 g/mol. The molecule has 6 heteroatoms. The van der Waals surface area contributed by atoms with Crippen molar-refractivity contribution in [3.63, 3.8) is 0 Å². The summed E-state index contributed by atoms with van der Waals surface area (Å²) in [5.41, 5.74) is 0. The normalized spacial score (nSPS) is 13.4. The lowest BCUT2D eigenvalue weighted by atomic mass is 9.99. The molecule has 86 heavy (non-hydrogen) atoms. The number of aliphatic hydroxyl groups excluding tert-OH is 4. The molecule has 0 spiro atoms. The van der Waals surface area contributed by atoms with Gasteiger partial charge in [0.1, 0.15) is 12.2 Å². The highest BCUT2D eigenvalue weighted by Gasteiger charge is 2.29. The van der Waals surface area contributed by atoms with Gasteiger partial charge in [0.15, 0.2) is 0 Å². The lowest BCUT2D eigenvalue weighted by Gasteiger charge is -2.27. The molecule has 0 aliphatic carbocycles. The van der Waals surface area contributed by atoms with Crippen LogP contribution in [0.25, 0.3) is 0 Å². The predicted molar refractivity (Wildman–Crippen MR) is 381 cm³/mol. The molecule has 4 unspecified atom stereocenters. The number of nitrogens with one attached hydrogen (secondary N) is 1. The molecule has 4 atom stereocenters. The first kappa shape index (κ1) is 84.8. The Bertz CT molecular complexity index is 1320. The molecule has 0 saturated carbocycles. The van der Waals surface area contributed by atoms with Crippen LogP contribution in [0.1, 0.15) is 450 Å². The predicted octanol–water partition coefficient (Wildman–Crippen LogP) is 25.2. The zero-order chi connectivity index (χ0) is 62.2. The van der Waals surface area contributed by atoms with Gasteiger partial charge in [-0.15, -0.1) is 0 Å². The van der Waals surface area contributed by atoms with Gasteiger partial charge in [0, 0.05) is 0 Å². The molecule has 1 amide bonds. The van der Waals surface area contributed by atoms with Gasteiger partial charge < -0.3 is 25.7 Å². The molecule has 0 rings (SSSR count). The Labute approximate surface area is 539 Å². The third-order valence-electron chi connectivity index (χ3n) is 19.2. The van der Waals surface area contributed by atoms with Gasteiger partial charge in [-0.1, -0.05) is 430 Å². The number of hydrogen-bond donors (Lipinski definition) is 5. The molecule has 5 N–H and O–H groups in total. The second-order valence-electron chi connectivity index (χ2n) is 27.8. The molecule has 0 radical (unpaired) electrons. The number of allylic oxidation sites excluding steroid dienone is 4. The van der Waals surface area contributed by atoms with Crippen LogP contribution in [0.15, 0.2) is 24.3 Å². The van der Waals surface area contributed by atoms with E-state index in [0.29, 0.717) is 12.8 Å². The fraction of sp³-hybridized carbons (Fsp3) is 0.938. The van der Waals surface area contributed by atoms with Gasteiger partial charge in [0.05, 0.1) is 18.8 Å². The van der Waals surface area contributed by atoms with Gasteiger partial charge >= 0.3 is 0 Å². The van der Waals surface area contributed by atoms with Crippen LogP contribution < -0.4 is 5.32 Å². The van der Waals surface area contributed by atoms with Crippen molar-refractivity contribution in [2.24, 2.45) is 0 Å². The van der Waals surface area contributed by atoms with E-state index in [1.165, 1.54) is 379 Å². The number of hydrogen-bond acceptors (Lipinski definition) is 5. The minimum atomic E-state index is -1.26. The van der Waals surface area contributed by atoms with E-state index in [1.807, 2.05) is 0 Å². The maximum Gasteiger partial charge on any atom is 0.249 e. The topological polar surface area (TPSA) is 110 Å². The SMILES string of the molecule is CCCCCCCCCCCCCCCCC/C=C\C/C=C\CCCCCCCCCCCCCCCCCCC(O)C(=O)NC(CO)C(O)C(O)CCCCCCCCCCCCCCCCCCCCCCCCCCCCCCCCCC. The quantitative estimate of drug-likeness (QED) is 0.0308. The molecular formula is C80H157NO5. The van der Waals surface area contributed by atoms with E-state index < -0.39 is 36.9 Å². The molecule has 6 nitrogen and oxygen atoms in total. The van der Waals surface area contributed by atoms with Gasteiger partial charge in [0.25, 0.3) is 0 Å². The summed E-state index contributed by atoms with van der Waals surface area (Å²) in [5.74, 6) is -0.575. The van der Waals surface area contributed by atoms with Crippen LogP contribution in [0, 0.1) is 0 Å². The molecule has 0 fully saturated rings. The summed E-state index contributed by atoms with van der Waals surface area (Å²) in [4.78, 5) is 12.7. The molecule has 0 aliphatic heterocycles. The summed E-state index contributed by atoms with van der Waals surface area (Å²) >= 11 is 0. The van der Waals surface area contributed by atoms with Crippen LogP contribution in [0.4, 0.5) is 0 Å². The highest BCUT2D eigenvalue weighted by Crippen LogP contribution is 2.21. The zero-order valence-corrected chi connectivity index (χ0v) is 58.6. The van der Waals surface area contributed by atoms with Crippen LogP contribution in [0.5, 0.6) is 0 Å². The molecule has 0 saturated heterocycles. The summed E-state index contributed by atoms with van der Waals surface area (Å²) in [5, 5.41) is 44.4. The molecule has 0 heterocycles. The Hall–Kier alpha value is -1.21. The lowest BCUT2D eigenvalue weighted by molar-refractivity contribution is -0.132. The van der Waals surface area contributed by atoms with E-state index in [9.17, 15) is 25.2 Å².